The number of thiophene rings is 1. The quantitative estimate of drug-likeness (QED) is 0.600. The van der Waals surface area contributed by atoms with Crippen LogP contribution in [0, 0.1) is 0 Å². The molecule has 1 aliphatic rings. The lowest BCUT2D eigenvalue weighted by Crippen LogP contribution is -2.47. The number of hydrogen-bond acceptors (Lipinski definition) is 5. The first-order valence-corrected chi connectivity index (χ1v) is 5.90. The fraction of sp³-hybridized carbons (Fsp3) is 0.364. The van der Waals surface area contributed by atoms with E-state index in [0.717, 1.165) is 6.08 Å². The maximum Gasteiger partial charge on any atom is 0.339 e. The molecule has 0 fully saturated rings. The SMILES string of the molecule is O=C(O)[C@]1(O)C=C(c2cccs2)[C@@H](O)[C@H](O)C1. The molecule has 3 atom stereocenters. The highest BCUT2D eigenvalue weighted by atomic mass is 32.1. The molecule has 0 amide bonds. The fourth-order valence-electron chi connectivity index (χ4n) is 1.85. The lowest BCUT2D eigenvalue weighted by molar-refractivity contribution is -0.157. The maximum absolute atomic E-state index is 11.0. The fourth-order valence-corrected chi connectivity index (χ4v) is 2.62. The summed E-state index contributed by atoms with van der Waals surface area (Å²) in [4.78, 5) is 11.6. The largest absolute Gasteiger partial charge is 0.479 e. The van der Waals surface area contributed by atoms with E-state index in [2.05, 4.69) is 0 Å². The molecular weight excluding hydrogens is 244 g/mol. The summed E-state index contributed by atoms with van der Waals surface area (Å²) < 4.78 is 0. The number of carboxylic acids is 1. The molecule has 1 heterocycles. The van der Waals surface area contributed by atoms with Gasteiger partial charge in [-0.05, 0) is 23.1 Å². The highest BCUT2D eigenvalue weighted by Gasteiger charge is 2.44. The molecule has 6 heteroatoms. The van der Waals surface area contributed by atoms with Crippen LogP contribution >= 0.6 is 11.3 Å². The van der Waals surface area contributed by atoms with Gasteiger partial charge in [-0.2, -0.15) is 0 Å². The topological polar surface area (TPSA) is 98.0 Å². The van der Waals surface area contributed by atoms with Gasteiger partial charge in [-0.15, -0.1) is 11.3 Å². The molecule has 0 aromatic carbocycles. The molecule has 0 saturated carbocycles. The number of aliphatic carboxylic acids is 1. The molecule has 0 bridgehead atoms. The molecule has 2 rings (SSSR count). The van der Waals surface area contributed by atoms with Crippen LogP contribution < -0.4 is 0 Å². The van der Waals surface area contributed by atoms with Gasteiger partial charge in [0.15, 0.2) is 5.60 Å². The second-order valence-corrected chi connectivity index (χ2v) is 4.97. The van der Waals surface area contributed by atoms with Crippen molar-refractivity contribution in [2.45, 2.75) is 24.2 Å². The van der Waals surface area contributed by atoms with E-state index in [1.807, 2.05) is 0 Å². The summed E-state index contributed by atoms with van der Waals surface area (Å²) in [5.74, 6) is -1.43. The number of carboxylic acid groups (broad SMARTS) is 1. The number of aliphatic hydroxyl groups is 3. The standard InChI is InChI=1S/C11H12O5S/c12-7-5-11(16,10(14)15)4-6(9(7)13)8-2-1-3-17-8/h1-4,7,9,12-13,16H,5H2,(H,14,15)/t7-,9-,11+/m1/s1. The van der Waals surface area contributed by atoms with Crippen LogP contribution in [0.15, 0.2) is 23.6 Å². The molecule has 1 aliphatic carbocycles. The Morgan fingerprint density at radius 3 is 2.71 bits per heavy atom. The van der Waals surface area contributed by atoms with E-state index < -0.39 is 30.2 Å². The molecule has 0 spiro atoms. The van der Waals surface area contributed by atoms with Gasteiger partial charge in [-0.3, -0.25) is 0 Å². The van der Waals surface area contributed by atoms with Gasteiger partial charge in [0.05, 0.1) is 6.10 Å². The second-order valence-electron chi connectivity index (χ2n) is 4.02. The Balaban J connectivity index is 2.47. The summed E-state index contributed by atoms with van der Waals surface area (Å²) in [5.41, 5.74) is -1.87. The summed E-state index contributed by atoms with van der Waals surface area (Å²) in [7, 11) is 0. The predicted octanol–water partition coefficient (Wildman–Crippen LogP) is 0.0727. The molecule has 0 aliphatic heterocycles. The van der Waals surface area contributed by atoms with Crippen molar-refractivity contribution < 1.29 is 25.2 Å². The Bertz CT molecular complexity index is 452. The third kappa shape index (κ3) is 2.12. The van der Waals surface area contributed by atoms with E-state index in [1.54, 1.807) is 17.5 Å². The van der Waals surface area contributed by atoms with Crippen LogP contribution in [0.25, 0.3) is 5.57 Å². The maximum atomic E-state index is 11.0. The average Bonchev–Trinajstić information content (AvgIpc) is 2.76. The minimum Gasteiger partial charge on any atom is -0.479 e. The van der Waals surface area contributed by atoms with Gasteiger partial charge < -0.3 is 20.4 Å². The molecule has 0 saturated heterocycles. The third-order valence-corrected chi connectivity index (χ3v) is 3.69. The van der Waals surface area contributed by atoms with Crippen LogP contribution in [0.5, 0.6) is 0 Å². The van der Waals surface area contributed by atoms with Crippen molar-refractivity contribution in [3.63, 3.8) is 0 Å². The molecule has 5 nitrogen and oxygen atoms in total. The van der Waals surface area contributed by atoms with Crippen molar-refractivity contribution in [1.82, 2.24) is 0 Å². The van der Waals surface area contributed by atoms with Crippen LogP contribution in [-0.4, -0.2) is 44.2 Å². The van der Waals surface area contributed by atoms with Crippen molar-refractivity contribution in [3.05, 3.63) is 28.5 Å². The van der Waals surface area contributed by atoms with E-state index in [9.17, 15) is 20.1 Å². The Morgan fingerprint density at radius 2 is 2.18 bits per heavy atom. The summed E-state index contributed by atoms with van der Waals surface area (Å²) in [6, 6.07) is 3.44. The zero-order chi connectivity index (χ0) is 12.6. The number of rotatable bonds is 2. The number of hydrogen-bond donors (Lipinski definition) is 4. The number of aliphatic hydroxyl groups excluding tert-OH is 2. The average molecular weight is 256 g/mol. The highest BCUT2D eigenvalue weighted by molar-refractivity contribution is 7.11. The first-order valence-electron chi connectivity index (χ1n) is 5.02. The molecule has 1 aromatic heterocycles. The Morgan fingerprint density at radius 1 is 1.47 bits per heavy atom. The van der Waals surface area contributed by atoms with Crippen molar-refractivity contribution in [3.8, 4) is 0 Å². The van der Waals surface area contributed by atoms with Crippen molar-refractivity contribution in [1.29, 1.82) is 0 Å². The third-order valence-electron chi connectivity index (χ3n) is 2.77. The van der Waals surface area contributed by atoms with Crippen LogP contribution in [0.1, 0.15) is 11.3 Å². The van der Waals surface area contributed by atoms with E-state index in [0.29, 0.717) is 4.88 Å². The van der Waals surface area contributed by atoms with Crippen molar-refractivity contribution in [2.75, 3.05) is 0 Å². The van der Waals surface area contributed by atoms with Crippen molar-refractivity contribution in [2.24, 2.45) is 0 Å². The van der Waals surface area contributed by atoms with Gasteiger partial charge in [0.2, 0.25) is 0 Å². The molecule has 0 unspecified atom stereocenters. The normalized spacial score (nSPS) is 33.2. The smallest absolute Gasteiger partial charge is 0.339 e. The minimum absolute atomic E-state index is 0.253. The lowest BCUT2D eigenvalue weighted by Gasteiger charge is -2.33. The van der Waals surface area contributed by atoms with Gasteiger partial charge in [0.1, 0.15) is 6.10 Å². The zero-order valence-corrected chi connectivity index (χ0v) is 9.59. The number of carbonyl (C=O) groups is 1. The van der Waals surface area contributed by atoms with Crippen molar-refractivity contribution >= 4 is 22.9 Å². The molecule has 92 valence electrons. The first kappa shape index (κ1) is 12.3. The molecule has 4 N–H and O–H groups in total. The van der Waals surface area contributed by atoms with E-state index in [4.69, 9.17) is 5.11 Å². The predicted molar refractivity (Wildman–Crippen MR) is 61.5 cm³/mol. The van der Waals surface area contributed by atoms with Gasteiger partial charge in [-0.1, -0.05) is 6.07 Å². The monoisotopic (exact) mass is 256 g/mol. The van der Waals surface area contributed by atoms with E-state index in [1.165, 1.54) is 11.3 Å². The van der Waals surface area contributed by atoms with Gasteiger partial charge in [-0.25, -0.2) is 4.79 Å². The molecular formula is C11H12O5S. The molecule has 17 heavy (non-hydrogen) atoms. The molecule has 1 aromatic rings. The van der Waals surface area contributed by atoms with Crippen LogP contribution in [0.3, 0.4) is 0 Å². The van der Waals surface area contributed by atoms with Crippen LogP contribution in [0.4, 0.5) is 0 Å². The minimum atomic E-state index is -2.13. The van der Waals surface area contributed by atoms with Crippen LogP contribution in [-0.2, 0) is 4.79 Å². The summed E-state index contributed by atoms with van der Waals surface area (Å²) >= 11 is 1.30. The summed E-state index contributed by atoms with van der Waals surface area (Å²) in [5, 5.41) is 40.0. The Kier molecular flexibility index (Phi) is 3.05. The van der Waals surface area contributed by atoms with E-state index in [-0.39, 0.29) is 5.57 Å². The summed E-state index contributed by atoms with van der Waals surface area (Å²) in [6.07, 6.45) is -1.77. The van der Waals surface area contributed by atoms with Gasteiger partial charge in [0, 0.05) is 11.3 Å². The lowest BCUT2D eigenvalue weighted by atomic mass is 9.82. The van der Waals surface area contributed by atoms with Gasteiger partial charge >= 0.3 is 5.97 Å². The van der Waals surface area contributed by atoms with Crippen LogP contribution in [0.2, 0.25) is 0 Å². The second kappa shape index (κ2) is 4.23. The highest BCUT2D eigenvalue weighted by Crippen LogP contribution is 2.35. The summed E-state index contributed by atoms with van der Waals surface area (Å²) in [6.45, 7) is 0. The molecule has 0 radical (unpaired) electrons. The Hall–Kier alpha value is -1.21. The Labute approximate surface area is 101 Å². The van der Waals surface area contributed by atoms with Gasteiger partial charge in [0.25, 0.3) is 0 Å². The zero-order valence-electron chi connectivity index (χ0n) is 8.78. The first-order chi connectivity index (χ1) is 7.94. The van der Waals surface area contributed by atoms with E-state index >= 15 is 0 Å².